The SMILES string of the molecule is Oc1cc2c(nc1O)c1ccsc1[n+]1c(O)c(O)sc21.[Cl-]. The van der Waals surface area contributed by atoms with Gasteiger partial charge in [-0.1, -0.05) is 15.7 Å². The molecule has 0 unspecified atom stereocenters. The number of thiazole rings is 1. The van der Waals surface area contributed by atoms with Crippen LogP contribution in [0.15, 0.2) is 17.5 Å². The molecule has 6 nitrogen and oxygen atoms in total. The zero-order valence-corrected chi connectivity index (χ0v) is 12.5. The summed E-state index contributed by atoms with van der Waals surface area (Å²) in [6, 6.07) is 3.19. The molecule has 0 aliphatic carbocycles. The second-order valence-electron chi connectivity index (χ2n) is 4.24. The maximum absolute atomic E-state index is 10.00. The van der Waals surface area contributed by atoms with E-state index in [4.69, 9.17) is 0 Å². The van der Waals surface area contributed by atoms with Crippen LogP contribution in [0.25, 0.3) is 25.9 Å². The van der Waals surface area contributed by atoms with E-state index in [1.54, 1.807) is 0 Å². The number of thiophene rings is 1. The lowest BCUT2D eigenvalue weighted by atomic mass is 10.2. The summed E-state index contributed by atoms with van der Waals surface area (Å²) in [7, 11) is 0. The summed E-state index contributed by atoms with van der Waals surface area (Å²) in [6.45, 7) is 0. The zero-order chi connectivity index (χ0) is 14.0. The topological polar surface area (TPSA) is 97.9 Å². The van der Waals surface area contributed by atoms with Crippen LogP contribution < -0.4 is 16.8 Å². The Morgan fingerprint density at radius 3 is 2.57 bits per heavy atom. The van der Waals surface area contributed by atoms with Gasteiger partial charge in [0.05, 0.1) is 16.3 Å². The molecule has 4 heterocycles. The smallest absolute Gasteiger partial charge is 0.428 e. The normalized spacial score (nSPS) is 11.2. The van der Waals surface area contributed by atoms with Crippen molar-refractivity contribution < 1.29 is 37.2 Å². The molecule has 0 aliphatic rings. The molecule has 0 aliphatic heterocycles. The molecule has 21 heavy (non-hydrogen) atoms. The molecule has 0 fully saturated rings. The zero-order valence-electron chi connectivity index (χ0n) is 10.1. The highest BCUT2D eigenvalue weighted by Crippen LogP contribution is 2.40. The first-order valence-corrected chi connectivity index (χ1v) is 7.26. The van der Waals surface area contributed by atoms with E-state index >= 15 is 0 Å². The minimum Gasteiger partial charge on any atom is -1.00 e. The minimum atomic E-state index is -0.445. The van der Waals surface area contributed by atoms with Crippen molar-refractivity contribution in [2.75, 3.05) is 0 Å². The molecule has 0 atom stereocenters. The molecule has 108 valence electrons. The van der Waals surface area contributed by atoms with Crippen LogP contribution in [0.3, 0.4) is 0 Å². The van der Waals surface area contributed by atoms with Crippen molar-refractivity contribution in [2.45, 2.75) is 0 Å². The monoisotopic (exact) mass is 342 g/mol. The number of aromatic nitrogens is 2. The fraction of sp³-hybridized carbons (Fsp3) is 0. The van der Waals surface area contributed by atoms with Crippen LogP contribution >= 0.6 is 22.7 Å². The van der Waals surface area contributed by atoms with Crippen LogP contribution in [-0.4, -0.2) is 25.4 Å². The first-order chi connectivity index (χ1) is 9.58. The lowest BCUT2D eigenvalue weighted by Crippen LogP contribution is -3.00. The fourth-order valence-electron chi connectivity index (χ4n) is 2.25. The van der Waals surface area contributed by atoms with Crippen molar-refractivity contribution in [1.29, 1.82) is 0 Å². The van der Waals surface area contributed by atoms with Gasteiger partial charge in [-0.15, -0.1) is 0 Å². The van der Waals surface area contributed by atoms with Gasteiger partial charge in [-0.3, -0.25) is 0 Å². The number of hydrogen-bond donors (Lipinski definition) is 4. The van der Waals surface area contributed by atoms with E-state index in [-0.39, 0.29) is 29.1 Å². The Morgan fingerprint density at radius 2 is 1.81 bits per heavy atom. The highest BCUT2D eigenvalue weighted by Gasteiger charge is 2.28. The Balaban J connectivity index is 0.00000132. The highest BCUT2D eigenvalue weighted by atomic mass is 35.5. The van der Waals surface area contributed by atoms with E-state index < -0.39 is 5.88 Å². The molecule has 0 bridgehead atoms. The van der Waals surface area contributed by atoms with E-state index in [0.717, 1.165) is 16.7 Å². The number of nitrogens with zero attached hydrogens (tertiary/aromatic N) is 2. The van der Waals surface area contributed by atoms with Crippen LogP contribution in [0.4, 0.5) is 0 Å². The maximum atomic E-state index is 10.00. The Labute approximate surface area is 131 Å². The summed E-state index contributed by atoms with van der Waals surface area (Å²) in [5, 5.41) is 41.9. The minimum absolute atomic E-state index is 0. The standard InChI is InChI=1S/C12H6N2O4S2.ClH/c15-6-3-5-7(13-8(6)16)4-1-2-19-10(4)14-9(17)12(18)20-11(5)14;/h1-3,15,17-18H;1H. The van der Waals surface area contributed by atoms with Gasteiger partial charge in [0.25, 0.3) is 20.6 Å². The van der Waals surface area contributed by atoms with Gasteiger partial charge in [0.1, 0.15) is 0 Å². The van der Waals surface area contributed by atoms with E-state index in [0.29, 0.717) is 20.6 Å². The van der Waals surface area contributed by atoms with Gasteiger partial charge in [-0.2, -0.15) is 0 Å². The van der Waals surface area contributed by atoms with Crippen molar-refractivity contribution in [1.82, 2.24) is 4.98 Å². The summed E-state index contributed by atoms with van der Waals surface area (Å²) in [5.74, 6) is -1.03. The maximum Gasteiger partial charge on any atom is 0.428 e. The van der Waals surface area contributed by atoms with E-state index in [1.165, 1.54) is 21.8 Å². The average molecular weight is 343 g/mol. The number of hydrogen-bond acceptors (Lipinski definition) is 7. The number of aromatic hydroxyl groups is 4. The van der Waals surface area contributed by atoms with Crippen molar-refractivity contribution >= 4 is 48.6 Å². The molecule has 4 N–H and O–H groups in total. The summed E-state index contributed by atoms with van der Waals surface area (Å²) in [4.78, 5) is 5.26. The molecule has 4 aromatic rings. The predicted octanol–water partition coefficient (Wildman–Crippen LogP) is -0.924. The molecule has 9 heteroatoms. The number of rotatable bonds is 0. The summed E-state index contributed by atoms with van der Waals surface area (Å²) in [5.41, 5.74) is 0.512. The second kappa shape index (κ2) is 4.48. The third-order valence-corrected chi connectivity index (χ3v) is 4.99. The Hall–Kier alpha value is -2.03. The third kappa shape index (κ3) is 1.70. The van der Waals surface area contributed by atoms with Crippen LogP contribution in [0.1, 0.15) is 0 Å². The van der Waals surface area contributed by atoms with E-state index in [9.17, 15) is 20.4 Å². The molecular weight excluding hydrogens is 336 g/mol. The highest BCUT2D eigenvalue weighted by molar-refractivity contribution is 7.20. The van der Waals surface area contributed by atoms with Crippen LogP contribution in [-0.2, 0) is 0 Å². The van der Waals surface area contributed by atoms with Crippen molar-refractivity contribution in [2.24, 2.45) is 0 Å². The molecule has 0 spiro atoms. The fourth-order valence-corrected chi connectivity index (χ4v) is 4.12. The van der Waals surface area contributed by atoms with Gasteiger partial charge in [0.2, 0.25) is 0 Å². The van der Waals surface area contributed by atoms with Crippen molar-refractivity contribution in [3.05, 3.63) is 17.5 Å². The Morgan fingerprint density at radius 1 is 1.05 bits per heavy atom. The summed E-state index contributed by atoms with van der Waals surface area (Å²) >= 11 is 2.37. The molecule has 4 rings (SSSR count). The summed E-state index contributed by atoms with van der Waals surface area (Å²) < 4.78 is 1.51. The van der Waals surface area contributed by atoms with Gasteiger partial charge < -0.3 is 32.8 Å². The van der Waals surface area contributed by atoms with Gasteiger partial charge in [-0.05, 0) is 22.8 Å². The van der Waals surface area contributed by atoms with Gasteiger partial charge in [0, 0.05) is 6.07 Å². The Kier molecular flexibility index (Phi) is 2.97. The molecule has 0 amide bonds. The lowest BCUT2D eigenvalue weighted by Gasteiger charge is -2.00. The number of pyridine rings is 2. The van der Waals surface area contributed by atoms with Crippen LogP contribution in [0.2, 0.25) is 0 Å². The van der Waals surface area contributed by atoms with Crippen molar-refractivity contribution in [3.8, 4) is 22.6 Å². The van der Waals surface area contributed by atoms with E-state index in [2.05, 4.69) is 4.98 Å². The van der Waals surface area contributed by atoms with Gasteiger partial charge in [-0.25, -0.2) is 4.98 Å². The second-order valence-corrected chi connectivity index (χ2v) is 6.11. The molecule has 4 aromatic heterocycles. The van der Waals surface area contributed by atoms with Gasteiger partial charge in [0.15, 0.2) is 5.75 Å². The van der Waals surface area contributed by atoms with E-state index in [1.807, 2.05) is 11.4 Å². The Bertz CT molecular complexity index is 1010. The largest absolute Gasteiger partial charge is 1.00 e. The first kappa shape index (κ1) is 13.9. The number of halogens is 1. The predicted molar refractivity (Wildman–Crippen MR) is 74.8 cm³/mol. The van der Waals surface area contributed by atoms with Crippen LogP contribution in [0, 0.1) is 0 Å². The third-order valence-electron chi connectivity index (χ3n) is 3.12. The molecule has 0 saturated heterocycles. The molecule has 0 saturated carbocycles. The molecule has 0 aromatic carbocycles. The van der Waals surface area contributed by atoms with Gasteiger partial charge >= 0.3 is 5.88 Å². The quantitative estimate of drug-likeness (QED) is 0.310. The first-order valence-electron chi connectivity index (χ1n) is 5.56. The number of fused-ring (bicyclic) bond motifs is 6. The molecular formula is C12H7ClN2O4S2. The lowest BCUT2D eigenvalue weighted by molar-refractivity contribution is -0.485. The average Bonchev–Trinajstić information content (AvgIpc) is 2.98. The summed E-state index contributed by atoms with van der Waals surface area (Å²) in [6.07, 6.45) is 0. The van der Waals surface area contributed by atoms with Crippen LogP contribution in [0.5, 0.6) is 22.6 Å². The molecule has 0 radical (unpaired) electrons. The van der Waals surface area contributed by atoms with Crippen molar-refractivity contribution in [3.63, 3.8) is 0 Å².